The first-order valence-electron chi connectivity index (χ1n) is 6.31. The average molecular weight is 248 g/mol. The maximum atomic E-state index is 11.1. The summed E-state index contributed by atoms with van der Waals surface area (Å²) in [5, 5.41) is 9.15. The van der Waals surface area contributed by atoms with Crippen molar-refractivity contribution in [2.75, 3.05) is 7.11 Å². The van der Waals surface area contributed by atoms with Crippen LogP contribution in [0.5, 0.6) is 5.75 Å². The number of carbonyl (C=O) groups is 1. The van der Waals surface area contributed by atoms with Gasteiger partial charge in [-0.15, -0.1) is 0 Å². The molecule has 1 aromatic carbocycles. The third-order valence-corrected chi connectivity index (χ3v) is 4.04. The van der Waals surface area contributed by atoms with Crippen molar-refractivity contribution in [3.8, 4) is 5.75 Å². The van der Waals surface area contributed by atoms with E-state index in [1.807, 2.05) is 13.0 Å². The summed E-state index contributed by atoms with van der Waals surface area (Å²) in [6.45, 7) is 6.28. The van der Waals surface area contributed by atoms with Crippen LogP contribution in [0.15, 0.2) is 18.2 Å². The minimum atomic E-state index is -0.713. The lowest BCUT2D eigenvalue weighted by atomic mass is 9.90. The van der Waals surface area contributed by atoms with Crippen molar-refractivity contribution in [3.63, 3.8) is 0 Å². The van der Waals surface area contributed by atoms with Gasteiger partial charge in [-0.05, 0) is 24.0 Å². The lowest BCUT2D eigenvalue weighted by molar-refractivity contribution is -0.138. The van der Waals surface area contributed by atoms with Crippen LogP contribution in [0.2, 0.25) is 0 Å². The molecule has 0 amide bonds. The fourth-order valence-electron chi connectivity index (χ4n) is 2.55. The van der Waals surface area contributed by atoms with Gasteiger partial charge in [-0.2, -0.15) is 0 Å². The van der Waals surface area contributed by atoms with E-state index in [-0.39, 0.29) is 11.3 Å². The van der Waals surface area contributed by atoms with E-state index in [2.05, 4.69) is 26.0 Å². The SMILES string of the molecule is COc1ccc(C(C)C)cc1C1(C)CC1C(=O)O. The van der Waals surface area contributed by atoms with Crippen molar-refractivity contribution in [1.82, 2.24) is 0 Å². The van der Waals surface area contributed by atoms with Crippen molar-refractivity contribution in [1.29, 1.82) is 0 Å². The van der Waals surface area contributed by atoms with Crippen LogP contribution >= 0.6 is 0 Å². The van der Waals surface area contributed by atoms with Gasteiger partial charge in [0.05, 0.1) is 13.0 Å². The zero-order valence-corrected chi connectivity index (χ0v) is 11.4. The molecule has 1 fully saturated rings. The monoisotopic (exact) mass is 248 g/mol. The summed E-state index contributed by atoms with van der Waals surface area (Å²) in [6, 6.07) is 6.11. The molecule has 0 aromatic heterocycles. The number of aliphatic carboxylic acids is 1. The number of hydrogen-bond donors (Lipinski definition) is 1. The van der Waals surface area contributed by atoms with Crippen LogP contribution in [-0.2, 0) is 10.2 Å². The van der Waals surface area contributed by atoms with Gasteiger partial charge in [-0.25, -0.2) is 0 Å². The minimum absolute atomic E-state index is 0.276. The van der Waals surface area contributed by atoms with E-state index in [0.29, 0.717) is 12.3 Å². The molecule has 18 heavy (non-hydrogen) atoms. The van der Waals surface area contributed by atoms with Crippen molar-refractivity contribution < 1.29 is 14.6 Å². The van der Waals surface area contributed by atoms with Crippen LogP contribution < -0.4 is 4.74 Å². The highest BCUT2D eigenvalue weighted by atomic mass is 16.5. The summed E-state index contributed by atoms with van der Waals surface area (Å²) < 4.78 is 5.38. The van der Waals surface area contributed by atoms with Crippen molar-refractivity contribution >= 4 is 5.97 Å². The Labute approximate surface area is 108 Å². The van der Waals surface area contributed by atoms with Crippen LogP contribution in [0.25, 0.3) is 0 Å². The highest BCUT2D eigenvalue weighted by molar-refractivity contribution is 5.77. The predicted molar refractivity (Wildman–Crippen MR) is 70.2 cm³/mol. The van der Waals surface area contributed by atoms with Gasteiger partial charge in [0.15, 0.2) is 0 Å². The van der Waals surface area contributed by atoms with Gasteiger partial charge in [-0.3, -0.25) is 4.79 Å². The maximum absolute atomic E-state index is 11.1. The Hall–Kier alpha value is -1.51. The van der Waals surface area contributed by atoms with Gasteiger partial charge in [0.1, 0.15) is 5.75 Å². The Balaban J connectivity index is 2.43. The second-order valence-corrected chi connectivity index (χ2v) is 5.63. The van der Waals surface area contributed by atoms with E-state index in [1.165, 1.54) is 5.56 Å². The van der Waals surface area contributed by atoms with Gasteiger partial charge < -0.3 is 9.84 Å². The predicted octanol–water partition coefficient (Wildman–Crippen LogP) is 3.18. The highest BCUT2D eigenvalue weighted by Crippen LogP contribution is 2.56. The standard InChI is InChI=1S/C15H20O3/c1-9(2)10-5-6-13(18-4)11(7-10)15(3)8-12(15)14(16)17/h5-7,9,12H,8H2,1-4H3,(H,16,17). The number of rotatable bonds is 4. The second kappa shape index (κ2) is 4.30. The van der Waals surface area contributed by atoms with Crippen LogP contribution in [0.1, 0.15) is 44.2 Å². The number of carboxylic acids is 1. The molecule has 1 aromatic rings. The Kier molecular flexibility index (Phi) is 3.09. The molecule has 2 unspecified atom stereocenters. The summed E-state index contributed by atoms with van der Waals surface area (Å²) in [5.41, 5.74) is 1.98. The quantitative estimate of drug-likeness (QED) is 0.890. The zero-order chi connectivity index (χ0) is 13.5. The smallest absolute Gasteiger partial charge is 0.307 e. The Morgan fingerprint density at radius 1 is 1.50 bits per heavy atom. The van der Waals surface area contributed by atoms with E-state index in [9.17, 15) is 4.79 Å². The van der Waals surface area contributed by atoms with Crippen LogP contribution in [0.4, 0.5) is 0 Å². The first-order valence-corrected chi connectivity index (χ1v) is 6.31. The molecule has 3 heteroatoms. The normalized spacial score (nSPS) is 26.2. The Bertz CT molecular complexity index is 479. The van der Waals surface area contributed by atoms with Gasteiger partial charge in [0, 0.05) is 11.0 Å². The molecular weight excluding hydrogens is 228 g/mol. The van der Waals surface area contributed by atoms with E-state index in [1.54, 1.807) is 7.11 Å². The first kappa shape index (κ1) is 12.9. The zero-order valence-electron chi connectivity index (χ0n) is 11.4. The van der Waals surface area contributed by atoms with Crippen molar-refractivity contribution in [3.05, 3.63) is 29.3 Å². The molecule has 1 saturated carbocycles. The van der Waals surface area contributed by atoms with E-state index in [4.69, 9.17) is 9.84 Å². The van der Waals surface area contributed by atoms with Crippen molar-refractivity contribution in [2.45, 2.75) is 38.5 Å². The average Bonchev–Trinajstić information content (AvgIpc) is 3.02. The minimum Gasteiger partial charge on any atom is -0.496 e. The molecule has 1 N–H and O–H groups in total. The number of carboxylic acid groups (broad SMARTS) is 1. The fraction of sp³-hybridized carbons (Fsp3) is 0.533. The Morgan fingerprint density at radius 2 is 2.17 bits per heavy atom. The molecule has 2 atom stereocenters. The third kappa shape index (κ3) is 1.98. The topological polar surface area (TPSA) is 46.5 Å². The molecule has 0 aliphatic heterocycles. The molecule has 0 heterocycles. The molecule has 0 saturated heterocycles. The summed E-state index contributed by atoms with van der Waals surface area (Å²) in [4.78, 5) is 11.1. The van der Waals surface area contributed by atoms with E-state index < -0.39 is 5.97 Å². The number of ether oxygens (including phenoxy) is 1. The summed E-state index contributed by atoms with van der Waals surface area (Å²) in [5.74, 6) is 0.231. The molecule has 2 rings (SSSR count). The highest BCUT2D eigenvalue weighted by Gasteiger charge is 2.57. The fourth-order valence-corrected chi connectivity index (χ4v) is 2.55. The van der Waals surface area contributed by atoms with Gasteiger partial charge in [-0.1, -0.05) is 32.9 Å². The largest absolute Gasteiger partial charge is 0.496 e. The van der Waals surface area contributed by atoms with E-state index in [0.717, 1.165) is 11.3 Å². The first-order chi connectivity index (χ1) is 8.40. The molecule has 1 aliphatic carbocycles. The molecule has 0 bridgehead atoms. The van der Waals surface area contributed by atoms with Crippen LogP contribution in [0.3, 0.4) is 0 Å². The second-order valence-electron chi connectivity index (χ2n) is 5.63. The van der Waals surface area contributed by atoms with Crippen LogP contribution in [-0.4, -0.2) is 18.2 Å². The van der Waals surface area contributed by atoms with Crippen LogP contribution in [0, 0.1) is 5.92 Å². The Morgan fingerprint density at radius 3 is 2.61 bits per heavy atom. The lowest BCUT2D eigenvalue weighted by Gasteiger charge is -2.18. The molecule has 98 valence electrons. The molecule has 0 spiro atoms. The van der Waals surface area contributed by atoms with Gasteiger partial charge in [0.25, 0.3) is 0 Å². The molecule has 0 radical (unpaired) electrons. The third-order valence-electron chi connectivity index (χ3n) is 4.04. The molecule has 1 aliphatic rings. The summed E-state index contributed by atoms with van der Waals surface area (Å²) in [6.07, 6.45) is 0.695. The molecule has 3 nitrogen and oxygen atoms in total. The van der Waals surface area contributed by atoms with Gasteiger partial charge >= 0.3 is 5.97 Å². The number of benzene rings is 1. The summed E-state index contributed by atoms with van der Waals surface area (Å²) in [7, 11) is 1.63. The number of hydrogen-bond acceptors (Lipinski definition) is 2. The lowest BCUT2D eigenvalue weighted by Crippen LogP contribution is -2.13. The summed E-state index contributed by atoms with van der Waals surface area (Å²) >= 11 is 0. The number of methoxy groups -OCH3 is 1. The van der Waals surface area contributed by atoms with E-state index >= 15 is 0 Å². The molecular formula is C15H20O3. The van der Waals surface area contributed by atoms with Crippen molar-refractivity contribution in [2.24, 2.45) is 5.92 Å². The maximum Gasteiger partial charge on any atom is 0.307 e. The van der Waals surface area contributed by atoms with Gasteiger partial charge in [0.2, 0.25) is 0 Å².